The second kappa shape index (κ2) is 14.4. The fraction of sp³-hybridized carbons (Fsp3) is 0.537. The van der Waals surface area contributed by atoms with Crippen molar-refractivity contribution in [2.75, 3.05) is 26.7 Å². The van der Waals surface area contributed by atoms with E-state index in [0.29, 0.717) is 27.4 Å². The second-order valence-electron chi connectivity index (χ2n) is 16.0. The van der Waals surface area contributed by atoms with Gasteiger partial charge in [-0.3, -0.25) is 9.69 Å². The molecular weight excluding hydrogens is 752 g/mol. The van der Waals surface area contributed by atoms with Crippen molar-refractivity contribution in [2.45, 2.75) is 101 Å². The lowest BCUT2D eigenvalue weighted by Crippen LogP contribution is -2.41. The molecule has 7 atom stereocenters. The van der Waals surface area contributed by atoms with Gasteiger partial charge < -0.3 is 24.3 Å². The molecule has 2 aromatic carbocycles. The van der Waals surface area contributed by atoms with E-state index in [1.165, 1.54) is 0 Å². The number of nitriles is 1. The maximum atomic E-state index is 17.6. The third-order valence-electron chi connectivity index (χ3n) is 12.7. The Balaban J connectivity index is 1.32. The summed E-state index contributed by atoms with van der Waals surface area (Å²) in [5, 5.41) is 15.0. The van der Waals surface area contributed by atoms with Crippen LogP contribution in [0.1, 0.15) is 75.2 Å². The normalized spacial score (nSPS) is 27.0. The number of aryl methyl sites for hydroxylation is 1. The van der Waals surface area contributed by atoms with Crippen LogP contribution in [0.25, 0.3) is 32.9 Å². The standard InChI is InChI=1S/C41H43Cl2F3N6O3/c1-20(30-9-5-13-50(30)2)54-39-27-17-32(31-16-24(55-41(45)46)19-51(31)40(53)21-10-11-21)52(37-23-15-29(37)48-18-23)38(27)26-14-22(6-4-12-47)33(35(44)36(26)49-39)25-7-3-8-28(42)34(25)43/h3,7-8,14,17,20-21,23-24,29-31,37,41,48H,4-6,9-11,13,15-16,18-19H2,1-2H3/t20-,23+,24-,29+,30-,31+,37?/m0/s1. The number of halogens is 5. The highest BCUT2D eigenvalue weighted by molar-refractivity contribution is 6.43. The molecule has 1 amide bonds. The number of carbonyl (C=O) groups excluding carboxylic acids is 1. The number of benzene rings is 2. The molecule has 6 aliphatic rings. The summed E-state index contributed by atoms with van der Waals surface area (Å²) >= 11 is 13.2. The Bertz CT molecular complexity index is 2210. The number of amides is 1. The van der Waals surface area contributed by atoms with E-state index in [-0.39, 0.29) is 94.8 Å². The van der Waals surface area contributed by atoms with Crippen LogP contribution < -0.4 is 10.1 Å². The Morgan fingerprint density at radius 3 is 2.65 bits per heavy atom. The first-order valence-corrected chi connectivity index (χ1v) is 20.1. The monoisotopic (exact) mass is 794 g/mol. The van der Waals surface area contributed by atoms with Crippen LogP contribution >= 0.6 is 23.2 Å². The molecule has 0 spiro atoms. The minimum atomic E-state index is -2.97. The van der Waals surface area contributed by atoms with Gasteiger partial charge in [-0.25, -0.2) is 9.37 Å². The van der Waals surface area contributed by atoms with E-state index in [1.807, 2.05) is 19.1 Å². The number of nitrogens with one attached hydrogen (secondary N) is 1. The lowest BCUT2D eigenvalue weighted by atomic mass is 9.79. The molecule has 0 radical (unpaired) electrons. The third-order valence-corrected chi connectivity index (χ3v) is 13.6. The number of nitrogens with zero attached hydrogens (tertiary/aromatic N) is 5. The molecular formula is C41H43Cl2F3N6O3. The number of carbonyl (C=O) groups is 1. The predicted octanol–water partition coefficient (Wildman–Crippen LogP) is 8.44. The summed E-state index contributed by atoms with van der Waals surface area (Å²) in [6.45, 7) is 0.841. The van der Waals surface area contributed by atoms with E-state index < -0.39 is 24.6 Å². The number of aromatic nitrogens is 2. The van der Waals surface area contributed by atoms with Gasteiger partial charge in [0.25, 0.3) is 0 Å². The van der Waals surface area contributed by atoms with Crippen molar-refractivity contribution in [1.29, 1.82) is 5.26 Å². The van der Waals surface area contributed by atoms with Gasteiger partial charge in [-0.2, -0.15) is 14.0 Å². The van der Waals surface area contributed by atoms with E-state index in [1.54, 1.807) is 23.1 Å². The average molecular weight is 796 g/mol. The molecule has 2 saturated carbocycles. The van der Waals surface area contributed by atoms with Crippen molar-refractivity contribution in [3.63, 3.8) is 0 Å². The number of hydrogen-bond donors (Lipinski definition) is 1. The summed E-state index contributed by atoms with van der Waals surface area (Å²) < 4.78 is 59.2. The molecule has 2 bridgehead atoms. The molecule has 6 heterocycles. The molecule has 1 N–H and O–H groups in total. The number of ether oxygens (including phenoxy) is 2. The molecule has 4 aromatic rings. The lowest BCUT2D eigenvalue weighted by Gasteiger charge is -2.39. The number of likely N-dealkylation sites (N-methyl/N-ethyl adjacent to an activating group) is 1. The lowest BCUT2D eigenvalue weighted by molar-refractivity contribution is -0.160. The summed E-state index contributed by atoms with van der Waals surface area (Å²) in [4.78, 5) is 22.9. The van der Waals surface area contributed by atoms with Crippen LogP contribution in [0.5, 0.6) is 5.88 Å². The van der Waals surface area contributed by atoms with Gasteiger partial charge in [0.1, 0.15) is 11.6 Å². The van der Waals surface area contributed by atoms with Crippen LogP contribution in [0, 0.1) is 29.0 Å². The van der Waals surface area contributed by atoms with E-state index >= 15 is 4.39 Å². The number of pyridine rings is 1. The first kappa shape index (κ1) is 37.0. The van der Waals surface area contributed by atoms with Crippen molar-refractivity contribution >= 4 is 50.9 Å². The zero-order valence-corrected chi connectivity index (χ0v) is 32.2. The largest absolute Gasteiger partial charge is 0.472 e. The van der Waals surface area contributed by atoms with Crippen molar-refractivity contribution in [1.82, 2.24) is 24.7 Å². The van der Waals surface area contributed by atoms with Crippen LogP contribution in [0.2, 0.25) is 10.0 Å². The first-order valence-electron chi connectivity index (χ1n) is 19.4. The molecule has 6 fully saturated rings. The van der Waals surface area contributed by atoms with Gasteiger partial charge in [0, 0.05) is 66.1 Å². The second-order valence-corrected chi connectivity index (χ2v) is 16.8. The van der Waals surface area contributed by atoms with Crippen molar-refractivity contribution in [3.8, 4) is 23.1 Å². The molecule has 1 unspecified atom stereocenters. The number of likely N-dealkylation sites (tertiary alicyclic amines) is 2. The Hall–Kier alpha value is -3.60. The Kier molecular flexibility index (Phi) is 9.69. The van der Waals surface area contributed by atoms with Crippen molar-refractivity contribution in [3.05, 3.63) is 57.5 Å². The number of rotatable bonds is 11. The molecule has 9 nitrogen and oxygen atoms in total. The molecule has 2 aliphatic carbocycles. The maximum Gasteiger partial charge on any atom is 0.345 e. The number of alkyl halides is 2. The molecule has 4 saturated heterocycles. The third kappa shape index (κ3) is 6.35. The molecule has 55 heavy (non-hydrogen) atoms. The molecule has 4 aliphatic heterocycles. The summed E-state index contributed by atoms with van der Waals surface area (Å²) in [7, 11) is 2.07. The predicted molar refractivity (Wildman–Crippen MR) is 204 cm³/mol. The maximum absolute atomic E-state index is 17.6. The van der Waals surface area contributed by atoms with Gasteiger partial charge in [-0.05, 0) is 88.7 Å². The minimum Gasteiger partial charge on any atom is -0.472 e. The van der Waals surface area contributed by atoms with Crippen molar-refractivity contribution < 1.29 is 27.4 Å². The van der Waals surface area contributed by atoms with Gasteiger partial charge in [0.15, 0.2) is 5.82 Å². The zero-order chi connectivity index (χ0) is 38.3. The van der Waals surface area contributed by atoms with E-state index in [0.717, 1.165) is 50.9 Å². The van der Waals surface area contributed by atoms with E-state index in [9.17, 15) is 18.8 Å². The quantitative estimate of drug-likeness (QED) is 0.163. The first-order chi connectivity index (χ1) is 26.5. The minimum absolute atomic E-state index is 0.0371. The molecule has 14 heteroatoms. The fourth-order valence-corrected chi connectivity index (χ4v) is 10.3. The van der Waals surface area contributed by atoms with Crippen LogP contribution in [0.4, 0.5) is 13.2 Å². The number of hydrogen-bond acceptors (Lipinski definition) is 7. The highest BCUT2D eigenvalue weighted by Gasteiger charge is 2.51. The van der Waals surface area contributed by atoms with Gasteiger partial charge in [0.05, 0.1) is 45.2 Å². The molecule has 10 rings (SSSR count). The zero-order valence-electron chi connectivity index (χ0n) is 30.7. The Morgan fingerprint density at radius 1 is 1.16 bits per heavy atom. The van der Waals surface area contributed by atoms with E-state index in [4.69, 9.17) is 37.7 Å². The highest BCUT2D eigenvalue weighted by atomic mass is 35.5. The van der Waals surface area contributed by atoms with Gasteiger partial charge in [0.2, 0.25) is 11.8 Å². The summed E-state index contributed by atoms with van der Waals surface area (Å²) in [5.41, 5.74) is 2.78. The Labute approximate surface area is 327 Å². The Morgan fingerprint density at radius 2 is 1.98 bits per heavy atom. The SMILES string of the molecule is C[C@H](Oc1nc2c(F)c(-c3cccc(Cl)c3Cl)c(CCC#N)cc2c2c1cc([C@H]1C[C@H](OC(F)F)CN1C(=O)C1CC1)n2C1[C@H]2CN[C@@H]1C2)[C@@H]1CCCN1C. The van der Waals surface area contributed by atoms with Crippen molar-refractivity contribution in [2.24, 2.45) is 11.8 Å². The average Bonchev–Trinajstić information content (AvgIpc) is 3.58. The van der Waals surface area contributed by atoms with Gasteiger partial charge in [-0.1, -0.05) is 35.3 Å². The van der Waals surface area contributed by atoms with Crippen LogP contribution in [-0.4, -0.2) is 82.8 Å². The van der Waals surface area contributed by atoms with E-state index in [2.05, 4.69) is 27.9 Å². The number of fused-ring (bicyclic) bond motifs is 4. The summed E-state index contributed by atoms with van der Waals surface area (Å²) in [6.07, 6.45) is 3.91. The van der Waals surface area contributed by atoms with Crippen LogP contribution in [0.3, 0.4) is 0 Å². The highest BCUT2D eigenvalue weighted by Crippen LogP contribution is 2.52. The summed E-state index contributed by atoms with van der Waals surface area (Å²) in [5.74, 6) is -0.256. The van der Waals surface area contributed by atoms with Crippen LogP contribution in [-0.2, 0) is 16.0 Å². The smallest absolute Gasteiger partial charge is 0.345 e. The van der Waals surface area contributed by atoms with Crippen LogP contribution in [0.15, 0.2) is 30.3 Å². The van der Waals surface area contributed by atoms with Gasteiger partial charge >= 0.3 is 6.61 Å². The molecule has 290 valence electrons. The fourth-order valence-electron chi connectivity index (χ4n) is 9.92. The molecule has 2 aromatic heterocycles. The topological polar surface area (TPSA) is 95.6 Å². The van der Waals surface area contributed by atoms with Gasteiger partial charge in [-0.15, -0.1) is 0 Å². The summed E-state index contributed by atoms with van der Waals surface area (Å²) in [6, 6.07) is 10.8.